The van der Waals surface area contributed by atoms with Crippen LogP contribution in [0.15, 0.2) is 67.0 Å². The summed E-state index contributed by atoms with van der Waals surface area (Å²) in [5.74, 6) is 1.62. The molecule has 6 nitrogen and oxygen atoms in total. The van der Waals surface area contributed by atoms with Gasteiger partial charge in [-0.3, -0.25) is 9.78 Å². The Hall–Kier alpha value is -3.67. The minimum Gasteiger partial charge on any atom is -0.489 e. The number of hydrogen-bond donors (Lipinski definition) is 1. The predicted octanol–water partition coefficient (Wildman–Crippen LogP) is 4.99. The number of rotatable bonds is 5. The lowest BCUT2D eigenvalue weighted by Gasteiger charge is -2.09. The van der Waals surface area contributed by atoms with E-state index in [1.807, 2.05) is 36.4 Å². The Morgan fingerprint density at radius 3 is 2.94 bits per heavy atom. The zero-order chi connectivity index (χ0) is 21.0. The van der Waals surface area contributed by atoms with Crippen LogP contribution in [0.1, 0.15) is 41.0 Å². The average molecular weight is 412 g/mol. The summed E-state index contributed by atoms with van der Waals surface area (Å²) in [4.78, 5) is 21.7. The third-order valence-corrected chi connectivity index (χ3v) is 5.59. The lowest BCUT2D eigenvalue weighted by molar-refractivity contribution is 0.102. The number of anilines is 1. The molecule has 0 atom stereocenters. The normalized spacial score (nSPS) is 13.4. The molecule has 31 heavy (non-hydrogen) atoms. The summed E-state index contributed by atoms with van der Waals surface area (Å²) in [5, 5.41) is 2.99. The van der Waals surface area contributed by atoms with Gasteiger partial charge in [-0.15, -0.1) is 0 Å². The van der Waals surface area contributed by atoms with Crippen LogP contribution in [0.5, 0.6) is 5.75 Å². The highest BCUT2D eigenvalue weighted by Crippen LogP contribution is 2.25. The molecular formula is C25H24N4O2. The summed E-state index contributed by atoms with van der Waals surface area (Å²) in [7, 11) is 0. The summed E-state index contributed by atoms with van der Waals surface area (Å²) in [6, 6.07) is 17.0. The molecule has 0 saturated carbocycles. The summed E-state index contributed by atoms with van der Waals surface area (Å²) >= 11 is 0. The number of nitrogens with zero attached hydrogens (tertiary/aromatic N) is 3. The van der Waals surface area contributed by atoms with Gasteiger partial charge >= 0.3 is 0 Å². The highest BCUT2D eigenvalue weighted by atomic mass is 16.5. The second-order valence-electron chi connectivity index (χ2n) is 7.83. The monoisotopic (exact) mass is 412 g/mol. The molecule has 0 bridgehead atoms. The maximum Gasteiger partial charge on any atom is 0.255 e. The van der Waals surface area contributed by atoms with Gasteiger partial charge in [-0.05, 0) is 55.3 Å². The van der Waals surface area contributed by atoms with Crippen molar-refractivity contribution in [3.8, 4) is 5.75 Å². The van der Waals surface area contributed by atoms with Crippen LogP contribution in [0, 0.1) is 0 Å². The van der Waals surface area contributed by atoms with E-state index in [-0.39, 0.29) is 5.91 Å². The number of benzene rings is 2. The molecule has 5 rings (SSSR count). The number of ether oxygens (including phenoxy) is 1. The molecule has 0 unspecified atom stereocenters. The van der Waals surface area contributed by atoms with Crippen LogP contribution in [0.25, 0.3) is 11.0 Å². The Morgan fingerprint density at radius 1 is 1.06 bits per heavy atom. The van der Waals surface area contributed by atoms with Gasteiger partial charge in [-0.2, -0.15) is 0 Å². The van der Waals surface area contributed by atoms with Crippen molar-refractivity contribution in [3.05, 3.63) is 83.9 Å². The molecule has 1 aliphatic rings. The van der Waals surface area contributed by atoms with Crippen molar-refractivity contribution in [1.29, 1.82) is 0 Å². The SMILES string of the molecule is O=C(Nc1ccc2c(c1)nc1n2CCCCC1)c1cccc(OCc2cccnc2)c1. The Morgan fingerprint density at radius 2 is 2.03 bits per heavy atom. The van der Waals surface area contributed by atoms with E-state index in [9.17, 15) is 4.79 Å². The topological polar surface area (TPSA) is 69.0 Å². The van der Waals surface area contributed by atoms with E-state index in [0.29, 0.717) is 17.9 Å². The van der Waals surface area contributed by atoms with E-state index in [1.165, 1.54) is 19.3 Å². The number of hydrogen-bond acceptors (Lipinski definition) is 4. The fraction of sp³-hybridized carbons (Fsp3) is 0.240. The van der Waals surface area contributed by atoms with Gasteiger partial charge in [0, 0.05) is 42.2 Å². The summed E-state index contributed by atoms with van der Waals surface area (Å²) in [6.07, 6.45) is 8.14. The number of aromatic nitrogens is 3. The molecule has 6 heteroatoms. The number of fused-ring (bicyclic) bond motifs is 3. The number of amides is 1. The first kappa shape index (κ1) is 19.3. The number of carbonyl (C=O) groups is 1. The first-order chi connectivity index (χ1) is 15.3. The maximum atomic E-state index is 12.8. The number of carbonyl (C=O) groups excluding carboxylic acids is 1. The summed E-state index contributed by atoms with van der Waals surface area (Å²) in [6.45, 7) is 1.42. The number of imidazole rings is 1. The lowest BCUT2D eigenvalue weighted by Crippen LogP contribution is -2.12. The van der Waals surface area contributed by atoms with Crippen molar-refractivity contribution >= 4 is 22.6 Å². The predicted molar refractivity (Wildman–Crippen MR) is 120 cm³/mol. The molecular weight excluding hydrogens is 388 g/mol. The van der Waals surface area contributed by atoms with Gasteiger partial charge in [0.15, 0.2) is 0 Å². The molecule has 0 radical (unpaired) electrons. The average Bonchev–Trinajstić information content (AvgIpc) is 2.98. The largest absolute Gasteiger partial charge is 0.489 e. The van der Waals surface area contributed by atoms with E-state index < -0.39 is 0 Å². The third-order valence-electron chi connectivity index (χ3n) is 5.59. The minimum atomic E-state index is -0.174. The van der Waals surface area contributed by atoms with E-state index in [0.717, 1.165) is 41.1 Å². The van der Waals surface area contributed by atoms with Crippen LogP contribution >= 0.6 is 0 Å². The Labute approximate surface area is 180 Å². The van der Waals surface area contributed by atoms with E-state index in [2.05, 4.69) is 20.9 Å². The number of nitrogens with one attached hydrogen (secondary N) is 1. The number of aryl methyl sites for hydroxylation is 2. The zero-order valence-electron chi connectivity index (χ0n) is 17.3. The van der Waals surface area contributed by atoms with Gasteiger partial charge in [-0.1, -0.05) is 18.6 Å². The van der Waals surface area contributed by atoms with Crippen LogP contribution in [-0.2, 0) is 19.6 Å². The Balaban J connectivity index is 1.30. The first-order valence-corrected chi connectivity index (χ1v) is 10.7. The van der Waals surface area contributed by atoms with E-state index in [4.69, 9.17) is 9.72 Å². The van der Waals surface area contributed by atoms with Crippen LogP contribution in [0.2, 0.25) is 0 Å². The molecule has 0 spiro atoms. The van der Waals surface area contributed by atoms with Crippen LogP contribution in [0.3, 0.4) is 0 Å². The van der Waals surface area contributed by atoms with Gasteiger partial charge in [-0.25, -0.2) is 4.98 Å². The molecule has 0 aliphatic carbocycles. The minimum absolute atomic E-state index is 0.174. The van der Waals surface area contributed by atoms with Crippen molar-refractivity contribution in [1.82, 2.24) is 14.5 Å². The molecule has 0 saturated heterocycles. The van der Waals surface area contributed by atoms with Crippen molar-refractivity contribution in [3.63, 3.8) is 0 Å². The van der Waals surface area contributed by atoms with Crippen molar-refractivity contribution < 1.29 is 9.53 Å². The first-order valence-electron chi connectivity index (χ1n) is 10.7. The quantitative estimate of drug-likeness (QED) is 0.501. The summed E-state index contributed by atoms with van der Waals surface area (Å²) in [5.41, 5.74) is 4.34. The molecule has 1 amide bonds. The third kappa shape index (κ3) is 4.28. The second kappa shape index (κ2) is 8.60. The van der Waals surface area contributed by atoms with Gasteiger partial charge in [0.2, 0.25) is 0 Å². The van der Waals surface area contributed by atoms with Gasteiger partial charge in [0.1, 0.15) is 18.2 Å². The highest BCUT2D eigenvalue weighted by molar-refractivity contribution is 6.05. The fourth-order valence-corrected chi connectivity index (χ4v) is 4.01. The highest BCUT2D eigenvalue weighted by Gasteiger charge is 2.14. The fourth-order valence-electron chi connectivity index (χ4n) is 4.01. The lowest BCUT2D eigenvalue weighted by atomic mass is 10.2. The standard InChI is InChI=1S/C25H24N4O2/c30-25(19-7-4-8-21(14-19)31-17-18-6-5-12-26-16-18)27-20-10-11-23-22(15-20)28-24-9-2-1-3-13-29(23)24/h4-8,10-12,14-16H,1-3,9,13,17H2,(H,27,30). The maximum absolute atomic E-state index is 12.8. The van der Waals surface area contributed by atoms with Gasteiger partial charge in [0.05, 0.1) is 11.0 Å². The molecule has 156 valence electrons. The Bertz CT molecular complexity index is 1220. The van der Waals surface area contributed by atoms with Crippen molar-refractivity contribution in [2.45, 2.75) is 38.8 Å². The molecule has 1 aliphatic heterocycles. The molecule has 4 aromatic rings. The second-order valence-corrected chi connectivity index (χ2v) is 7.83. The van der Waals surface area contributed by atoms with E-state index in [1.54, 1.807) is 24.5 Å². The number of pyridine rings is 1. The van der Waals surface area contributed by atoms with Crippen molar-refractivity contribution in [2.75, 3.05) is 5.32 Å². The van der Waals surface area contributed by atoms with Crippen LogP contribution in [-0.4, -0.2) is 20.4 Å². The van der Waals surface area contributed by atoms with Gasteiger partial charge in [0.25, 0.3) is 5.91 Å². The van der Waals surface area contributed by atoms with Crippen LogP contribution < -0.4 is 10.1 Å². The van der Waals surface area contributed by atoms with Crippen molar-refractivity contribution in [2.24, 2.45) is 0 Å². The van der Waals surface area contributed by atoms with E-state index >= 15 is 0 Å². The molecule has 1 N–H and O–H groups in total. The Kier molecular flexibility index (Phi) is 5.35. The molecule has 0 fully saturated rings. The molecule has 2 aromatic heterocycles. The molecule has 2 aromatic carbocycles. The van der Waals surface area contributed by atoms with Crippen LogP contribution in [0.4, 0.5) is 5.69 Å². The zero-order valence-corrected chi connectivity index (χ0v) is 17.3. The smallest absolute Gasteiger partial charge is 0.255 e. The van der Waals surface area contributed by atoms with Gasteiger partial charge < -0.3 is 14.6 Å². The summed E-state index contributed by atoms with van der Waals surface area (Å²) < 4.78 is 8.13. The molecule has 3 heterocycles.